The first-order valence-corrected chi connectivity index (χ1v) is 6.84. The van der Waals surface area contributed by atoms with E-state index in [1.807, 2.05) is 0 Å². The van der Waals surface area contributed by atoms with Gasteiger partial charge in [0.05, 0.1) is 0 Å². The van der Waals surface area contributed by atoms with Gasteiger partial charge in [-0.3, -0.25) is 0 Å². The van der Waals surface area contributed by atoms with Crippen LogP contribution >= 0.6 is 0 Å². The van der Waals surface area contributed by atoms with Crippen LogP contribution in [0, 0.1) is 0 Å². The van der Waals surface area contributed by atoms with Crippen molar-refractivity contribution in [3.8, 4) is 0 Å². The summed E-state index contributed by atoms with van der Waals surface area (Å²) >= 11 is 0. The monoisotopic (exact) mass is 268 g/mol. The number of carbonyl (C=O) groups is 1. The van der Waals surface area contributed by atoms with Gasteiger partial charge in [-0.1, -0.05) is 13.8 Å². The van der Waals surface area contributed by atoms with E-state index >= 15 is 0 Å². The molecule has 0 radical (unpaired) electrons. The zero-order chi connectivity index (χ0) is 15.3. The topological polar surface area (TPSA) is 48.9 Å². The summed E-state index contributed by atoms with van der Waals surface area (Å²) in [5, 5.41) is 8.89. The van der Waals surface area contributed by atoms with E-state index in [9.17, 15) is 0 Å². The van der Waals surface area contributed by atoms with E-state index in [1.54, 1.807) is 0 Å². The number of hydrogen-bond acceptors (Lipinski definition) is 2. The highest BCUT2D eigenvalue weighted by molar-refractivity contribution is 5.60. The summed E-state index contributed by atoms with van der Waals surface area (Å²) in [5.41, 5.74) is 0.435. The maximum atomic E-state index is 8.89. The lowest BCUT2D eigenvalue weighted by Gasteiger charge is -2.21. The number of rotatable bonds is 4. The third-order valence-electron chi connectivity index (χ3n) is 3.77. The molecule has 1 aromatic rings. The van der Waals surface area contributed by atoms with E-state index in [2.05, 4.69) is 69.4 Å². The molecule has 4 heteroatoms. The molecule has 0 aliphatic rings. The minimum atomic E-state index is -1.08. The van der Waals surface area contributed by atoms with Crippen LogP contribution in [-0.2, 0) is 15.9 Å². The van der Waals surface area contributed by atoms with Crippen molar-refractivity contribution in [2.75, 3.05) is 0 Å². The smallest absolute Gasteiger partial charge is 0.244 e. The Bertz CT molecular complexity index is 372. The maximum Gasteiger partial charge on any atom is 0.244 e. The average Bonchev–Trinajstić information content (AvgIpc) is 2.79. The molecule has 0 bridgehead atoms. The van der Waals surface area contributed by atoms with Crippen LogP contribution in [0.25, 0.3) is 0 Å². The molecule has 0 aromatic carbocycles. The Morgan fingerprint density at radius 2 is 1.68 bits per heavy atom. The van der Waals surface area contributed by atoms with Crippen LogP contribution in [0.3, 0.4) is 0 Å². The highest BCUT2D eigenvalue weighted by atomic mass is 16.4. The summed E-state index contributed by atoms with van der Waals surface area (Å²) in [4.78, 5) is 8.89. The van der Waals surface area contributed by atoms with Crippen LogP contribution in [0.4, 0.5) is 0 Å². The SMILES string of the molecule is CC(=O)[O-].CCC(C)(C)n1cc[n+](C(C)(C)CC)c1. The van der Waals surface area contributed by atoms with Crippen molar-refractivity contribution >= 4 is 5.97 Å². The summed E-state index contributed by atoms with van der Waals surface area (Å²) in [7, 11) is 0. The Morgan fingerprint density at radius 3 is 2.05 bits per heavy atom. The first kappa shape index (κ1) is 17.7. The van der Waals surface area contributed by atoms with Crippen molar-refractivity contribution in [2.24, 2.45) is 0 Å². The third kappa shape index (κ3) is 5.45. The molecule has 0 saturated carbocycles. The minimum absolute atomic E-state index is 0.217. The number of nitrogens with zero attached hydrogens (tertiary/aromatic N) is 2. The molecule has 0 unspecified atom stereocenters. The molecule has 1 aromatic heterocycles. The van der Waals surface area contributed by atoms with Crippen LogP contribution in [0.15, 0.2) is 18.7 Å². The van der Waals surface area contributed by atoms with E-state index in [1.165, 1.54) is 0 Å². The second kappa shape index (κ2) is 6.73. The Labute approximate surface area is 117 Å². The van der Waals surface area contributed by atoms with Crippen molar-refractivity contribution in [1.29, 1.82) is 0 Å². The van der Waals surface area contributed by atoms with Crippen LogP contribution in [-0.4, -0.2) is 10.5 Å². The number of carboxylic acids is 1. The fourth-order valence-corrected chi connectivity index (χ4v) is 1.44. The van der Waals surface area contributed by atoms with Gasteiger partial charge in [-0.05, 0) is 47.5 Å². The van der Waals surface area contributed by atoms with Gasteiger partial charge in [0.1, 0.15) is 23.5 Å². The molecule has 0 saturated heterocycles. The lowest BCUT2D eigenvalue weighted by molar-refractivity contribution is -0.758. The van der Waals surface area contributed by atoms with Crippen molar-refractivity contribution in [3.05, 3.63) is 18.7 Å². The number of carboxylic acid groups (broad SMARTS) is 1. The Kier molecular flexibility index (Phi) is 6.27. The van der Waals surface area contributed by atoms with Gasteiger partial charge in [0.25, 0.3) is 0 Å². The Hall–Kier alpha value is -1.32. The molecule has 0 aliphatic heterocycles. The average molecular weight is 268 g/mol. The minimum Gasteiger partial charge on any atom is -0.550 e. The van der Waals surface area contributed by atoms with Gasteiger partial charge in [-0.25, -0.2) is 9.13 Å². The highest BCUT2D eigenvalue weighted by Gasteiger charge is 2.28. The van der Waals surface area contributed by atoms with Gasteiger partial charge >= 0.3 is 0 Å². The predicted molar refractivity (Wildman–Crippen MR) is 74.5 cm³/mol. The van der Waals surface area contributed by atoms with Crippen molar-refractivity contribution < 1.29 is 14.5 Å². The lowest BCUT2D eigenvalue weighted by Crippen LogP contribution is -2.50. The van der Waals surface area contributed by atoms with Crippen molar-refractivity contribution in [2.45, 2.75) is 72.4 Å². The number of hydrogen-bond donors (Lipinski definition) is 0. The number of carbonyl (C=O) groups excluding carboxylic acids is 1. The van der Waals surface area contributed by atoms with E-state index in [0.717, 1.165) is 19.8 Å². The first-order valence-electron chi connectivity index (χ1n) is 6.84. The van der Waals surface area contributed by atoms with Gasteiger partial charge in [0.2, 0.25) is 6.33 Å². The predicted octanol–water partition coefficient (Wildman–Crippen LogP) is 1.82. The van der Waals surface area contributed by atoms with E-state index in [0.29, 0.717) is 0 Å². The van der Waals surface area contributed by atoms with E-state index < -0.39 is 5.97 Å². The Morgan fingerprint density at radius 1 is 1.21 bits per heavy atom. The second-order valence-electron chi connectivity index (χ2n) is 6.05. The highest BCUT2D eigenvalue weighted by Crippen LogP contribution is 2.19. The quantitative estimate of drug-likeness (QED) is 0.782. The fourth-order valence-electron chi connectivity index (χ4n) is 1.44. The van der Waals surface area contributed by atoms with Gasteiger partial charge in [-0.15, -0.1) is 0 Å². The van der Waals surface area contributed by atoms with Gasteiger partial charge in [0.15, 0.2) is 0 Å². The molecule has 4 nitrogen and oxygen atoms in total. The van der Waals surface area contributed by atoms with E-state index in [-0.39, 0.29) is 11.1 Å². The summed E-state index contributed by atoms with van der Waals surface area (Å²) in [6.07, 6.45) is 8.89. The molecule has 0 amide bonds. The number of aromatic nitrogens is 2. The van der Waals surface area contributed by atoms with E-state index in [4.69, 9.17) is 9.90 Å². The lowest BCUT2D eigenvalue weighted by atomic mass is 10.0. The van der Waals surface area contributed by atoms with Crippen LogP contribution in [0.2, 0.25) is 0 Å². The van der Waals surface area contributed by atoms with Gasteiger partial charge in [0, 0.05) is 5.97 Å². The molecule has 0 N–H and O–H groups in total. The molecule has 19 heavy (non-hydrogen) atoms. The third-order valence-corrected chi connectivity index (χ3v) is 3.77. The molecule has 0 atom stereocenters. The second-order valence-corrected chi connectivity index (χ2v) is 6.05. The molecule has 0 aliphatic carbocycles. The first-order chi connectivity index (χ1) is 8.56. The summed E-state index contributed by atoms with van der Waals surface area (Å²) in [6, 6.07) is 0. The normalized spacial score (nSPS) is 11.7. The fraction of sp³-hybridized carbons (Fsp3) is 0.733. The summed E-state index contributed by atoms with van der Waals surface area (Å²) in [6.45, 7) is 14.5. The largest absolute Gasteiger partial charge is 0.550 e. The van der Waals surface area contributed by atoms with Gasteiger partial charge < -0.3 is 9.90 Å². The van der Waals surface area contributed by atoms with Crippen LogP contribution in [0.1, 0.15) is 61.3 Å². The maximum absolute atomic E-state index is 8.89. The molecule has 1 heterocycles. The molecule has 0 fully saturated rings. The zero-order valence-electron chi connectivity index (χ0n) is 13.4. The molecular formula is C15H28N2O2. The van der Waals surface area contributed by atoms with Crippen LogP contribution in [0.5, 0.6) is 0 Å². The van der Waals surface area contributed by atoms with Crippen LogP contribution < -0.4 is 9.67 Å². The molecule has 110 valence electrons. The van der Waals surface area contributed by atoms with Crippen molar-refractivity contribution in [3.63, 3.8) is 0 Å². The van der Waals surface area contributed by atoms with Gasteiger partial charge in [-0.2, -0.15) is 0 Å². The van der Waals surface area contributed by atoms with Crippen molar-refractivity contribution in [1.82, 2.24) is 4.57 Å². The number of imidazole rings is 1. The zero-order valence-corrected chi connectivity index (χ0v) is 13.4. The Balaban J connectivity index is 0.000000711. The molecule has 1 rings (SSSR count). The summed E-state index contributed by atoms with van der Waals surface area (Å²) < 4.78 is 4.62. The molecular weight excluding hydrogens is 240 g/mol. The standard InChI is InChI=1S/C13H25N2.C2H4O2/c1-7-12(3,4)14-9-10-15(11-14)13(5,6)8-2;1-2(3)4/h9-11H,7-8H2,1-6H3;1H3,(H,3,4)/q+1;/p-1. The molecule has 0 spiro atoms. The summed E-state index contributed by atoms with van der Waals surface area (Å²) in [5.74, 6) is -1.08. The number of aliphatic carboxylic acids is 1.